The molecular formula is C13H11FN2O3. The highest BCUT2D eigenvalue weighted by atomic mass is 19.1. The minimum Gasteiger partial charge on any atom is -0.496 e. The van der Waals surface area contributed by atoms with Crippen molar-refractivity contribution in [2.45, 2.75) is 6.92 Å². The van der Waals surface area contributed by atoms with Gasteiger partial charge in [-0.2, -0.15) is 0 Å². The molecule has 0 amide bonds. The summed E-state index contributed by atoms with van der Waals surface area (Å²) in [5.41, 5.74) is 0.316. The van der Waals surface area contributed by atoms with Crippen LogP contribution in [0.15, 0.2) is 24.4 Å². The minimum absolute atomic E-state index is 0.102. The van der Waals surface area contributed by atoms with Crippen LogP contribution >= 0.6 is 0 Å². The fourth-order valence-corrected chi connectivity index (χ4v) is 1.70. The SMILES string of the molecule is COc1ccc(F)cc1-c1nc(C)ncc1C(=O)O. The molecule has 0 unspecified atom stereocenters. The van der Waals surface area contributed by atoms with Crippen LogP contribution in [0.3, 0.4) is 0 Å². The maximum absolute atomic E-state index is 13.4. The first-order chi connectivity index (χ1) is 9.02. The summed E-state index contributed by atoms with van der Waals surface area (Å²) in [6.07, 6.45) is 1.20. The Bertz CT molecular complexity index is 644. The van der Waals surface area contributed by atoms with Crippen molar-refractivity contribution in [2.24, 2.45) is 0 Å². The zero-order chi connectivity index (χ0) is 14.0. The molecule has 1 N–H and O–H groups in total. The smallest absolute Gasteiger partial charge is 0.339 e. The fraction of sp³-hybridized carbons (Fsp3) is 0.154. The van der Waals surface area contributed by atoms with Crippen LogP contribution in [0.2, 0.25) is 0 Å². The van der Waals surface area contributed by atoms with E-state index >= 15 is 0 Å². The van der Waals surface area contributed by atoms with E-state index in [0.717, 1.165) is 0 Å². The molecule has 0 aliphatic rings. The van der Waals surface area contributed by atoms with Crippen molar-refractivity contribution in [1.29, 1.82) is 0 Å². The number of carbonyl (C=O) groups is 1. The molecule has 0 radical (unpaired) electrons. The molecule has 1 aromatic carbocycles. The molecule has 1 heterocycles. The van der Waals surface area contributed by atoms with Crippen molar-refractivity contribution in [2.75, 3.05) is 7.11 Å². The molecule has 0 fully saturated rings. The zero-order valence-electron chi connectivity index (χ0n) is 10.3. The second-order valence-corrected chi connectivity index (χ2v) is 3.83. The van der Waals surface area contributed by atoms with Crippen LogP contribution in [0.5, 0.6) is 5.75 Å². The third kappa shape index (κ3) is 2.52. The Labute approximate surface area is 108 Å². The normalized spacial score (nSPS) is 10.3. The summed E-state index contributed by atoms with van der Waals surface area (Å²) < 4.78 is 18.5. The van der Waals surface area contributed by atoms with Crippen LogP contribution in [0, 0.1) is 12.7 Å². The maximum Gasteiger partial charge on any atom is 0.339 e. The second kappa shape index (κ2) is 5.01. The van der Waals surface area contributed by atoms with E-state index in [1.165, 1.54) is 31.5 Å². The number of halogens is 1. The molecule has 0 aliphatic heterocycles. The van der Waals surface area contributed by atoms with Gasteiger partial charge in [-0.1, -0.05) is 0 Å². The van der Waals surface area contributed by atoms with Gasteiger partial charge in [-0.05, 0) is 25.1 Å². The summed E-state index contributed by atoms with van der Waals surface area (Å²) in [5, 5.41) is 9.14. The van der Waals surface area contributed by atoms with E-state index in [-0.39, 0.29) is 16.8 Å². The molecule has 1 aromatic heterocycles. The van der Waals surface area contributed by atoms with Gasteiger partial charge >= 0.3 is 5.97 Å². The zero-order valence-corrected chi connectivity index (χ0v) is 10.3. The van der Waals surface area contributed by atoms with Gasteiger partial charge in [0.1, 0.15) is 23.0 Å². The summed E-state index contributed by atoms with van der Waals surface area (Å²) in [4.78, 5) is 19.1. The number of ether oxygens (including phenoxy) is 1. The minimum atomic E-state index is -1.18. The van der Waals surface area contributed by atoms with Crippen LogP contribution < -0.4 is 4.74 Å². The number of rotatable bonds is 3. The van der Waals surface area contributed by atoms with E-state index in [2.05, 4.69) is 9.97 Å². The van der Waals surface area contributed by atoms with Crippen LogP contribution in [0.4, 0.5) is 4.39 Å². The van der Waals surface area contributed by atoms with Gasteiger partial charge < -0.3 is 9.84 Å². The summed E-state index contributed by atoms with van der Waals surface area (Å²) in [7, 11) is 1.42. The van der Waals surface area contributed by atoms with Gasteiger partial charge in [0.05, 0.1) is 12.8 Å². The lowest BCUT2D eigenvalue weighted by Gasteiger charge is -2.10. The summed E-state index contributed by atoms with van der Waals surface area (Å²) in [6.45, 7) is 1.63. The number of nitrogens with zero attached hydrogens (tertiary/aromatic N) is 2. The highest BCUT2D eigenvalue weighted by Gasteiger charge is 2.18. The maximum atomic E-state index is 13.4. The van der Waals surface area contributed by atoms with Crippen LogP contribution in [-0.4, -0.2) is 28.2 Å². The fourth-order valence-electron chi connectivity index (χ4n) is 1.70. The number of benzene rings is 1. The Morgan fingerprint density at radius 1 is 1.42 bits per heavy atom. The predicted octanol–water partition coefficient (Wildman–Crippen LogP) is 2.30. The van der Waals surface area contributed by atoms with Crippen molar-refractivity contribution in [1.82, 2.24) is 9.97 Å². The van der Waals surface area contributed by atoms with E-state index in [4.69, 9.17) is 9.84 Å². The first-order valence-electron chi connectivity index (χ1n) is 5.43. The van der Waals surface area contributed by atoms with E-state index in [1.807, 2.05) is 0 Å². The molecule has 98 valence electrons. The third-order valence-electron chi connectivity index (χ3n) is 2.56. The van der Waals surface area contributed by atoms with E-state index < -0.39 is 11.8 Å². The number of aromatic carboxylic acids is 1. The van der Waals surface area contributed by atoms with Crippen molar-refractivity contribution in [3.05, 3.63) is 41.6 Å². The molecule has 0 bridgehead atoms. The van der Waals surface area contributed by atoms with Crippen LogP contribution in [0.1, 0.15) is 16.2 Å². The summed E-state index contributed by atoms with van der Waals surface area (Å²) >= 11 is 0. The molecule has 5 nitrogen and oxygen atoms in total. The Morgan fingerprint density at radius 3 is 2.79 bits per heavy atom. The Kier molecular flexibility index (Phi) is 3.41. The number of aryl methyl sites for hydroxylation is 1. The lowest BCUT2D eigenvalue weighted by atomic mass is 10.1. The Morgan fingerprint density at radius 2 is 2.16 bits per heavy atom. The van der Waals surface area contributed by atoms with Crippen molar-refractivity contribution in [3.63, 3.8) is 0 Å². The molecule has 6 heteroatoms. The topological polar surface area (TPSA) is 72.3 Å². The highest BCUT2D eigenvalue weighted by molar-refractivity contribution is 5.95. The molecule has 0 saturated carbocycles. The molecule has 0 saturated heterocycles. The number of carboxylic acids is 1. The average Bonchev–Trinajstić information content (AvgIpc) is 2.38. The first kappa shape index (κ1) is 12.9. The highest BCUT2D eigenvalue weighted by Crippen LogP contribution is 2.31. The molecule has 0 atom stereocenters. The van der Waals surface area contributed by atoms with E-state index in [1.54, 1.807) is 6.92 Å². The monoisotopic (exact) mass is 262 g/mol. The summed E-state index contributed by atoms with van der Waals surface area (Å²) in [6, 6.07) is 3.84. The largest absolute Gasteiger partial charge is 0.496 e. The van der Waals surface area contributed by atoms with Crippen LogP contribution in [0.25, 0.3) is 11.3 Å². The molecule has 2 aromatic rings. The number of carboxylic acid groups (broad SMARTS) is 1. The average molecular weight is 262 g/mol. The standard InChI is InChI=1S/C13H11FN2O3/c1-7-15-6-10(13(17)18)12(16-7)9-5-8(14)3-4-11(9)19-2/h3-6H,1-2H3,(H,17,18). The lowest BCUT2D eigenvalue weighted by Crippen LogP contribution is -2.05. The van der Waals surface area contributed by atoms with Gasteiger partial charge in [-0.3, -0.25) is 0 Å². The van der Waals surface area contributed by atoms with E-state index in [9.17, 15) is 9.18 Å². The van der Waals surface area contributed by atoms with Gasteiger partial charge in [0.2, 0.25) is 0 Å². The number of hydrogen-bond donors (Lipinski definition) is 1. The Balaban J connectivity index is 2.73. The second-order valence-electron chi connectivity index (χ2n) is 3.83. The summed E-state index contributed by atoms with van der Waals surface area (Å²) in [5.74, 6) is -0.932. The van der Waals surface area contributed by atoms with Gasteiger partial charge in [0.25, 0.3) is 0 Å². The number of hydrogen-bond acceptors (Lipinski definition) is 4. The number of methoxy groups -OCH3 is 1. The quantitative estimate of drug-likeness (QED) is 0.918. The first-order valence-corrected chi connectivity index (χ1v) is 5.43. The van der Waals surface area contributed by atoms with Crippen LogP contribution in [-0.2, 0) is 0 Å². The van der Waals surface area contributed by atoms with Crippen molar-refractivity contribution >= 4 is 5.97 Å². The molecule has 0 spiro atoms. The predicted molar refractivity (Wildman–Crippen MR) is 65.7 cm³/mol. The van der Waals surface area contributed by atoms with Crippen molar-refractivity contribution in [3.8, 4) is 17.0 Å². The molecule has 2 rings (SSSR count). The number of aromatic nitrogens is 2. The molecular weight excluding hydrogens is 251 g/mol. The molecule has 0 aliphatic carbocycles. The Hall–Kier alpha value is -2.50. The molecule has 19 heavy (non-hydrogen) atoms. The van der Waals surface area contributed by atoms with Gasteiger partial charge in [0, 0.05) is 11.8 Å². The third-order valence-corrected chi connectivity index (χ3v) is 2.56. The van der Waals surface area contributed by atoms with E-state index in [0.29, 0.717) is 11.6 Å². The van der Waals surface area contributed by atoms with Crippen molar-refractivity contribution < 1.29 is 19.0 Å². The van der Waals surface area contributed by atoms with Gasteiger partial charge in [-0.15, -0.1) is 0 Å². The lowest BCUT2D eigenvalue weighted by molar-refractivity contribution is 0.0697. The van der Waals surface area contributed by atoms with Gasteiger partial charge in [0.15, 0.2) is 0 Å². The van der Waals surface area contributed by atoms with Gasteiger partial charge in [-0.25, -0.2) is 19.2 Å².